The molecule has 0 bridgehead atoms. The van der Waals surface area contributed by atoms with Gasteiger partial charge in [0, 0.05) is 25.2 Å². The molecule has 1 aromatic heterocycles. The van der Waals surface area contributed by atoms with Crippen molar-refractivity contribution in [2.45, 2.75) is 24.0 Å². The zero-order valence-electron chi connectivity index (χ0n) is 13.3. The summed E-state index contributed by atoms with van der Waals surface area (Å²) in [6.45, 7) is 3.08. The van der Waals surface area contributed by atoms with Gasteiger partial charge in [0.25, 0.3) is 5.91 Å². The molecule has 0 aliphatic heterocycles. The minimum atomic E-state index is -1.19. The Morgan fingerprint density at radius 1 is 1.30 bits per heavy atom. The summed E-state index contributed by atoms with van der Waals surface area (Å²) in [4.78, 5) is 12.7. The fourth-order valence-electron chi connectivity index (χ4n) is 2.05. The van der Waals surface area contributed by atoms with Crippen LogP contribution in [-0.2, 0) is 21.3 Å². The maximum absolute atomic E-state index is 12.3. The van der Waals surface area contributed by atoms with E-state index in [1.54, 1.807) is 19.2 Å². The molecule has 2 rings (SSSR count). The monoisotopic (exact) mass is 335 g/mol. The quantitative estimate of drug-likeness (QED) is 0.753. The molecule has 0 saturated carbocycles. The van der Waals surface area contributed by atoms with Crippen LogP contribution in [0.5, 0.6) is 0 Å². The van der Waals surface area contributed by atoms with Crippen LogP contribution < -0.4 is 5.32 Å². The lowest BCUT2D eigenvalue weighted by molar-refractivity contribution is 0.0919. The molecule has 6 heteroatoms. The summed E-state index contributed by atoms with van der Waals surface area (Å²) in [7, 11) is 0.425. The molecule has 1 heterocycles. The van der Waals surface area contributed by atoms with E-state index in [2.05, 4.69) is 5.32 Å². The number of nitrogens with one attached hydrogen (secondary N) is 1. The van der Waals surface area contributed by atoms with Crippen LogP contribution in [0.1, 0.15) is 28.3 Å². The lowest BCUT2D eigenvalue weighted by Crippen LogP contribution is -2.24. The number of furan rings is 1. The Morgan fingerprint density at radius 2 is 2.13 bits per heavy atom. The highest BCUT2D eigenvalue weighted by Gasteiger charge is 2.13. The Bertz CT molecular complexity index is 681. The van der Waals surface area contributed by atoms with E-state index in [-0.39, 0.29) is 17.4 Å². The van der Waals surface area contributed by atoms with Crippen molar-refractivity contribution in [2.24, 2.45) is 0 Å². The van der Waals surface area contributed by atoms with Gasteiger partial charge < -0.3 is 14.5 Å². The minimum Gasteiger partial charge on any atom is -0.455 e. The molecule has 23 heavy (non-hydrogen) atoms. The molecule has 0 aliphatic carbocycles. The normalized spacial score (nSPS) is 12.1. The number of aryl methyl sites for hydroxylation is 1. The van der Waals surface area contributed by atoms with Crippen molar-refractivity contribution in [1.82, 2.24) is 5.32 Å². The van der Waals surface area contributed by atoms with E-state index in [0.717, 1.165) is 16.9 Å². The van der Waals surface area contributed by atoms with Crippen molar-refractivity contribution < 1.29 is 18.2 Å². The number of hydrogen-bond donors (Lipinski definition) is 1. The lowest BCUT2D eigenvalue weighted by Gasteiger charge is -2.03. The summed E-state index contributed by atoms with van der Waals surface area (Å²) in [5.74, 6) is 0.750. The Morgan fingerprint density at radius 3 is 2.87 bits per heavy atom. The van der Waals surface area contributed by atoms with Crippen molar-refractivity contribution >= 4 is 16.7 Å². The molecule has 1 aromatic carbocycles. The first-order chi connectivity index (χ1) is 11.1. The molecule has 0 fully saturated rings. The zero-order valence-corrected chi connectivity index (χ0v) is 14.2. The van der Waals surface area contributed by atoms with Crippen molar-refractivity contribution in [2.75, 3.05) is 20.3 Å². The van der Waals surface area contributed by atoms with Crippen LogP contribution in [0.4, 0.5) is 0 Å². The maximum Gasteiger partial charge on any atom is 0.286 e. The number of ether oxygens (including phenoxy) is 1. The third-order valence-electron chi connectivity index (χ3n) is 3.22. The van der Waals surface area contributed by atoms with E-state index in [1.165, 1.54) is 0 Å². The van der Waals surface area contributed by atoms with Gasteiger partial charge in [-0.25, -0.2) is 0 Å². The van der Waals surface area contributed by atoms with E-state index in [0.29, 0.717) is 18.9 Å². The summed E-state index contributed by atoms with van der Waals surface area (Å²) in [5.41, 5.74) is 1.06. The summed E-state index contributed by atoms with van der Waals surface area (Å²) in [5, 5.41) is 2.75. The highest BCUT2D eigenvalue weighted by atomic mass is 32.2. The molecule has 0 aliphatic rings. The van der Waals surface area contributed by atoms with Crippen molar-refractivity contribution in [1.29, 1.82) is 0 Å². The van der Waals surface area contributed by atoms with Gasteiger partial charge in [0.2, 0.25) is 0 Å². The molecule has 5 nitrogen and oxygen atoms in total. The van der Waals surface area contributed by atoms with Crippen LogP contribution >= 0.6 is 0 Å². The van der Waals surface area contributed by atoms with E-state index in [4.69, 9.17) is 9.15 Å². The Hall–Kier alpha value is -1.92. The molecular weight excluding hydrogens is 314 g/mol. The first-order valence-corrected chi connectivity index (χ1v) is 8.73. The Kier molecular flexibility index (Phi) is 6.55. The minimum absolute atomic E-state index is 0.235. The van der Waals surface area contributed by atoms with Gasteiger partial charge in [-0.3, -0.25) is 9.00 Å². The van der Waals surface area contributed by atoms with Gasteiger partial charge in [-0.05, 0) is 43.2 Å². The number of rotatable bonds is 8. The highest BCUT2D eigenvalue weighted by Crippen LogP contribution is 2.16. The number of amides is 1. The van der Waals surface area contributed by atoms with Crippen LogP contribution in [-0.4, -0.2) is 30.4 Å². The second kappa shape index (κ2) is 8.64. The average molecular weight is 335 g/mol. The summed E-state index contributed by atoms with van der Waals surface area (Å²) < 4.78 is 22.7. The fraction of sp³-hybridized carbons (Fsp3) is 0.353. The first kappa shape index (κ1) is 17.4. The molecule has 2 aromatic rings. The number of benzene rings is 1. The molecule has 0 saturated heterocycles. The van der Waals surface area contributed by atoms with Gasteiger partial charge in [-0.15, -0.1) is 0 Å². The molecule has 1 atom stereocenters. The van der Waals surface area contributed by atoms with Gasteiger partial charge in [-0.2, -0.15) is 0 Å². The lowest BCUT2D eigenvalue weighted by atomic mass is 10.2. The van der Waals surface area contributed by atoms with Gasteiger partial charge in [-0.1, -0.05) is 12.1 Å². The van der Waals surface area contributed by atoms with Gasteiger partial charge in [0.05, 0.1) is 16.6 Å². The third kappa shape index (κ3) is 5.33. The SMILES string of the molecule is COCCCNC(=O)c1ccc(C[S@@](=O)c2cccc(C)c2)o1. The van der Waals surface area contributed by atoms with Gasteiger partial charge in [0.1, 0.15) is 5.76 Å². The molecule has 1 N–H and O–H groups in total. The smallest absolute Gasteiger partial charge is 0.286 e. The molecule has 0 spiro atoms. The van der Waals surface area contributed by atoms with Gasteiger partial charge in [0.15, 0.2) is 5.76 Å². The largest absolute Gasteiger partial charge is 0.455 e. The van der Waals surface area contributed by atoms with Crippen LogP contribution in [0.2, 0.25) is 0 Å². The van der Waals surface area contributed by atoms with E-state index >= 15 is 0 Å². The maximum atomic E-state index is 12.3. The predicted octanol–water partition coefficient (Wildman–Crippen LogP) is 2.66. The van der Waals surface area contributed by atoms with E-state index in [1.807, 2.05) is 31.2 Å². The summed E-state index contributed by atoms with van der Waals surface area (Å²) >= 11 is 0. The Labute approximate surface area is 138 Å². The van der Waals surface area contributed by atoms with Crippen LogP contribution in [0.3, 0.4) is 0 Å². The van der Waals surface area contributed by atoms with Crippen LogP contribution in [0.15, 0.2) is 45.7 Å². The van der Waals surface area contributed by atoms with Gasteiger partial charge >= 0.3 is 0 Å². The van der Waals surface area contributed by atoms with Crippen molar-refractivity contribution in [3.63, 3.8) is 0 Å². The zero-order chi connectivity index (χ0) is 16.7. The third-order valence-corrected chi connectivity index (χ3v) is 4.55. The number of hydrogen-bond acceptors (Lipinski definition) is 4. The number of methoxy groups -OCH3 is 1. The van der Waals surface area contributed by atoms with Crippen LogP contribution in [0, 0.1) is 6.92 Å². The number of carbonyl (C=O) groups is 1. The highest BCUT2D eigenvalue weighted by molar-refractivity contribution is 7.84. The predicted molar refractivity (Wildman–Crippen MR) is 88.8 cm³/mol. The number of carbonyl (C=O) groups excluding carboxylic acids is 1. The summed E-state index contributed by atoms with van der Waals surface area (Å²) in [6.07, 6.45) is 0.743. The molecule has 0 radical (unpaired) electrons. The molecule has 124 valence electrons. The van der Waals surface area contributed by atoms with Crippen molar-refractivity contribution in [3.05, 3.63) is 53.5 Å². The second-order valence-corrected chi connectivity index (χ2v) is 6.63. The molecule has 0 unspecified atom stereocenters. The topological polar surface area (TPSA) is 68.5 Å². The first-order valence-electron chi connectivity index (χ1n) is 7.41. The molecular formula is C17H21NO4S. The average Bonchev–Trinajstić information content (AvgIpc) is 3.00. The van der Waals surface area contributed by atoms with E-state index in [9.17, 15) is 9.00 Å². The van der Waals surface area contributed by atoms with E-state index < -0.39 is 10.8 Å². The van der Waals surface area contributed by atoms with Crippen molar-refractivity contribution in [3.8, 4) is 0 Å². The fourth-order valence-corrected chi connectivity index (χ4v) is 3.18. The standard InChI is InChI=1S/C17H21NO4S/c1-13-5-3-6-15(11-13)23(20)12-14-7-8-16(22-14)17(19)18-9-4-10-21-2/h3,5-8,11H,4,9-10,12H2,1-2H3,(H,18,19)/t23-/m1/s1. The van der Waals surface area contributed by atoms with Crippen LogP contribution in [0.25, 0.3) is 0 Å². The molecule has 1 amide bonds. The second-order valence-electron chi connectivity index (χ2n) is 5.17. The summed E-state index contributed by atoms with van der Waals surface area (Å²) in [6, 6.07) is 10.9. The Balaban J connectivity index is 1.91.